The molecule has 1 heterocycles. The maximum atomic E-state index is 13.2. The molecule has 0 radical (unpaired) electrons. The van der Waals surface area contributed by atoms with Gasteiger partial charge < -0.3 is 9.88 Å². The molecule has 1 atom stereocenters. The van der Waals surface area contributed by atoms with Gasteiger partial charge in [-0.25, -0.2) is 12.8 Å². The van der Waals surface area contributed by atoms with Crippen molar-refractivity contribution in [2.24, 2.45) is 0 Å². The van der Waals surface area contributed by atoms with Crippen molar-refractivity contribution in [2.45, 2.75) is 30.2 Å². The molecular weight excluding hydrogens is 427 g/mol. The van der Waals surface area contributed by atoms with Crippen molar-refractivity contribution in [2.75, 3.05) is 0 Å². The molecule has 1 amide bonds. The van der Waals surface area contributed by atoms with E-state index in [1.54, 1.807) is 28.8 Å². The molecule has 0 spiro atoms. The Bertz CT molecular complexity index is 1350. The molecule has 164 valence electrons. The Morgan fingerprint density at radius 2 is 1.62 bits per heavy atom. The second kappa shape index (κ2) is 8.96. The lowest BCUT2D eigenvalue weighted by Gasteiger charge is -2.15. The van der Waals surface area contributed by atoms with E-state index in [2.05, 4.69) is 5.32 Å². The van der Waals surface area contributed by atoms with E-state index in [0.29, 0.717) is 16.5 Å². The normalized spacial score (nSPS) is 12.6. The van der Waals surface area contributed by atoms with E-state index in [1.807, 2.05) is 37.3 Å². The number of para-hydroxylation sites is 1. The quantitative estimate of drug-likeness (QED) is 0.446. The van der Waals surface area contributed by atoms with Crippen molar-refractivity contribution in [3.63, 3.8) is 0 Å². The maximum Gasteiger partial charge on any atom is 0.240 e. The summed E-state index contributed by atoms with van der Waals surface area (Å²) in [6.07, 6.45) is 1.51. The molecule has 3 aromatic carbocycles. The molecule has 0 aliphatic heterocycles. The van der Waals surface area contributed by atoms with Gasteiger partial charge in [0.1, 0.15) is 12.4 Å². The van der Waals surface area contributed by atoms with Crippen LogP contribution in [-0.2, 0) is 26.9 Å². The fourth-order valence-electron chi connectivity index (χ4n) is 3.74. The monoisotopic (exact) mass is 450 g/mol. The average Bonchev–Trinajstić information content (AvgIpc) is 3.15. The highest BCUT2D eigenvalue weighted by atomic mass is 32.2. The van der Waals surface area contributed by atoms with Crippen molar-refractivity contribution in [1.29, 1.82) is 0 Å². The van der Waals surface area contributed by atoms with Crippen LogP contribution in [0.25, 0.3) is 10.9 Å². The van der Waals surface area contributed by atoms with Crippen LogP contribution in [0.15, 0.2) is 90.0 Å². The molecule has 1 aromatic heterocycles. The summed E-state index contributed by atoms with van der Waals surface area (Å²) in [5.41, 5.74) is 2.14. The van der Waals surface area contributed by atoms with Gasteiger partial charge in [-0.15, -0.1) is 0 Å². The lowest BCUT2D eigenvalue weighted by Crippen LogP contribution is -2.29. The largest absolute Gasteiger partial charge is 0.348 e. The van der Waals surface area contributed by atoms with Crippen molar-refractivity contribution in [3.8, 4) is 0 Å². The summed E-state index contributed by atoms with van der Waals surface area (Å²) in [7, 11) is -3.71. The fourth-order valence-corrected chi connectivity index (χ4v) is 5.32. The number of sulfone groups is 1. The Morgan fingerprint density at radius 1 is 0.969 bits per heavy atom. The molecule has 0 aliphatic carbocycles. The summed E-state index contributed by atoms with van der Waals surface area (Å²) >= 11 is 0. The molecule has 4 aromatic rings. The minimum atomic E-state index is -3.71. The zero-order valence-corrected chi connectivity index (χ0v) is 18.3. The van der Waals surface area contributed by atoms with Gasteiger partial charge in [0.15, 0.2) is 9.84 Å². The van der Waals surface area contributed by atoms with E-state index >= 15 is 0 Å². The van der Waals surface area contributed by atoms with E-state index in [1.165, 1.54) is 30.5 Å². The second-order valence-corrected chi connectivity index (χ2v) is 9.68. The first-order chi connectivity index (χ1) is 15.3. The van der Waals surface area contributed by atoms with Crippen LogP contribution in [-0.4, -0.2) is 18.9 Å². The second-order valence-electron chi connectivity index (χ2n) is 7.72. The highest BCUT2D eigenvalue weighted by Gasteiger charge is 2.22. The zero-order chi connectivity index (χ0) is 22.7. The summed E-state index contributed by atoms with van der Waals surface area (Å²) in [6.45, 7) is 1.89. The summed E-state index contributed by atoms with van der Waals surface area (Å²) in [5.74, 6) is -0.887. The molecule has 1 unspecified atom stereocenters. The Morgan fingerprint density at radius 3 is 2.34 bits per heavy atom. The highest BCUT2D eigenvalue weighted by Crippen LogP contribution is 2.28. The molecule has 0 fully saturated rings. The third-order valence-electron chi connectivity index (χ3n) is 5.35. The summed E-state index contributed by atoms with van der Waals surface area (Å²) in [5, 5.41) is 3.51. The number of rotatable bonds is 7. The predicted octanol–water partition coefficient (Wildman–Crippen LogP) is 4.63. The number of carbonyl (C=O) groups excluding carboxylic acids is 1. The molecule has 5 nitrogen and oxygen atoms in total. The molecule has 0 saturated heterocycles. The third kappa shape index (κ3) is 4.73. The lowest BCUT2D eigenvalue weighted by molar-refractivity contribution is -0.122. The van der Waals surface area contributed by atoms with Gasteiger partial charge in [-0.2, -0.15) is 0 Å². The average molecular weight is 451 g/mol. The van der Waals surface area contributed by atoms with Crippen LogP contribution in [0.1, 0.15) is 24.1 Å². The molecule has 0 aliphatic rings. The van der Waals surface area contributed by atoms with Crippen LogP contribution in [0.4, 0.5) is 4.39 Å². The van der Waals surface area contributed by atoms with E-state index in [4.69, 9.17) is 0 Å². The number of aromatic nitrogens is 1. The third-order valence-corrected chi connectivity index (χ3v) is 7.06. The number of halogens is 1. The SMILES string of the molecule is CC(NC(=O)Cn1cc(S(=O)(=O)Cc2ccc(F)cc2)c2ccccc21)c1ccccc1. The highest BCUT2D eigenvalue weighted by molar-refractivity contribution is 7.90. The van der Waals surface area contributed by atoms with Crippen molar-refractivity contribution in [1.82, 2.24) is 9.88 Å². The number of hydrogen-bond acceptors (Lipinski definition) is 3. The van der Waals surface area contributed by atoms with Crippen LogP contribution in [0, 0.1) is 5.82 Å². The lowest BCUT2D eigenvalue weighted by atomic mass is 10.1. The molecule has 0 bridgehead atoms. The predicted molar refractivity (Wildman–Crippen MR) is 122 cm³/mol. The number of amides is 1. The van der Waals surface area contributed by atoms with Gasteiger partial charge in [0, 0.05) is 17.1 Å². The number of benzene rings is 3. The van der Waals surface area contributed by atoms with Gasteiger partial charge in [0.2, 0.25) is 5.91 Å². The zero-order valence-electron chi connectivity index (χ0n) is 17.5. The van der Waals surface area contributed by atoms with Crippen LogP contribution in [0.2, 0.25) is 0 Å². The fraction of sp³-hybridized carbons (Fsp3) is 0.160. The Hall–Kier alpha value is -3.45. The topological polar surface area (TPSA) is 68.2 Å². The van der Waals surface area contributed by atoms with Gasteiger partial charge in [0.05, 0.1) is 16.7 Å². The van der Waals surface area contributed by atoms with Gasteiger partial charge >= 0.3 is 0 Å². The Labute approximate surface area is 186 Å². The van der Waals surface area contributed by atoms with Crippen LogP contribution >= 0.6 is 0 Å². The number of nitrogens with one attached hydrogen (secondary N) is 1. The molecule has 32 heavy (non-hydrogen) atoms. The smallest absolute Gasteiger partial charge is 0.240 e. The molecule has 1 N–H and O–H groups in total. The number of hydrogen-bond donors (Lipinski definition) is 1. The van der Waals surface area contributed by atoms with Gasteiger partial charge in [-0.1, -0.05) is 60.7 Å². The molecule has 7 heteroatoms. The molecular formula is C25H23FN2O3S. The van der Waals surface area contributed by atoms with Gasteiger partial charge in [-0.3, -0.25) is 4.79 Å². The first-order valence-electron chi connectivity index (χ1n) is 10.2. The maximum absolute atomic E-state index is 13.2. The minimum absolute atomic E-state index is 0.0102. The molecule has 4 rings (SSSR count). The van der Waals surface area contributed by atoms with Crippen molar-refractivity contribution >= 4 is 26.6 Å². The van der Waals surface area contributed by atoms with E-state index < -0.39 is 15.7 Å². The van der Waals surface area contributed by atoms with E-state index in [9.17, 15) is 17.6 Å². The van der Waals surface area contributed by atoms with Crippen molar-refractivity contribution < 1.29 is 17.6 Å². The van der Waals surface area contributed by atoms with Crippen LogP contribution in [0.3, 0.4) is 0 Å². The number of carbonyl (C=O) groups is 1. The van der Waals surface area contributed by atoms with Crippen LogP contribution in [0.5, 0.6) is 0 Å². The summed E-state index contributed by atoms with van der Waals surface area (Å²) in [4.78, 5) is 12.9. The number of fused-ring (bicyclic) bond motifs is 1. The van der Waals surface area contributed by atoms with E-state index in [-0.39, 0.29) is 29.1 Å². The van der Waals surface area contributed by atoms with Gasteiger partial charge in [-0.05, 0) is 36.2 Å². The van der Waals surface area contributed by atoms with E-state index in [0.717, 1.165) is 5.56 Å². The number of nitrogens with zero attached hydrogens (tertiary/aromatic N) is 1. The molecule has 0 saturated carbocycles. The first-order valence-corrected chi connectivity index (χ1v) is 11.9. The Kier molecular flexibility index (Phi) is 6.10. The Balaban J connectivity index is 1.60. The standard InChI is InChI=1S/C25H23FN2O3S/c1-18(20-7-3-2-4-8-20)27-25(29)16-28-15-24(22-9-5-6-10-23(22)28)32(30,31)17-19-11-13-21(26)14-12-19/h2-15,18H,16-17H2,1H3,(H,27,29). The van der Waals surface area contributed by atoms with Crippen molar-refractivity contribution in [3.05, 3.63) is 102 Å². The summed E-state index contributed by atoms with van der Waals surface area (Å²) in [6, 6.07) is 21.9. The minimum Gasteiger partial charge on any atom is -0.348 e. The summed E-state index contributed by atoms with van der Waals surface area (Å²) < 4.78 is 41.1. The van der Waals surface area contributed by atoms with Crippen LogP contribution < -0.4 is 5.32 Å². The van der Waals surface area contributed by atoms with Gasteiger partial charge in [0.25, 0.3) is 0 Å². The first kappa shape index (κ1) is 21.8.